The first-order valence-corrected chi connectivity index (χ1v) is 6.48. The van der Waals surface area contributed by atoms with Crippen LogP contribution in [0.2, 0.25) is 0 Å². The summed E-state index contributed by atoms with van der Waals surface area (Å²) in [5.41, 5.74) is 1.20. The van der Waals surface area contributed by atoms with E-state index in [4.69, 9.17) is 0 Å². The van der Waals surface area contributed by atoms with Gasteiger partial charge in [0.1, 0.15) is 0 Å². The zero-order valence-corrected chi connectivity index (χ0v) is 11.2. The predicted molar refractivity (Wildman–Crippen MR) is 74.5 cm³/mol. The van der Waals surface area contributed by atoms with Crippen molar-refractivity contribution < 1.29 is 14.4 Å². The van der Waals surface area contributed by atoms with E-state index in [0.29, 0.717) is 24.3 Å². The zero-order chi connectivity index (χ0) is 14.5. The number of benzene rings is 1. The van der Waals surface area contributed by atoms with E-state index in [0.717, 1.165) is 0 Å². The summed E-state index contributed by atoms with van der Waals surface area (Å²) in [5.74, 6) is -0.417. The number of rotatable bonds is 4. The summed E-state index contributed by atoms with van der Waals surface area (Å²) in [4.78, 5) is 34.5. The van der Waals surface area contributed by atoms with Crippen LogP contribution in [0.15, 0.2) is 24.3 Å². The molecule has 1 aromatic carbocycles. The minimum Gasteiger partial charge on any atom is -0.353 e. The van der Waals surface area contributed by atoms with Crippen molar-refractivity contribution in [3.05, 3.63) is 29.8 Å². The van der Waals surface area contributed by atoms with Crippen molar-refractivity contribution in [1.29, 1.82) is 0 Å². The Labute approximate surface area is 116 Å². The maximum absolute atomic E-state index is 11.8. The van der Waals surface area contributed by atoms with Gasteiger partial charge in [0.2, 0.25) is 11.8 Å². The van der Waals surface area contributed by atoms with Crippen molar-refractivity contribution in [3.8, 4) is 0 Å². The number of piperazine rings is 1. The second-order valence-corrected chi connectivity index (χ2v) is 4.68. The molecule has 1 saturated heterocycles. The van der Waals surface area contributed by atoms with Crippen LogP contribution < -0.4 is 16.0 Å². The number of carbonyl (C=O) groups is 3. The van der Waals surface area contributed by atoms with Gasteiger partial charge in [0.25, 0.3) is 0 Å². The third-order valence-corrected chi connectivity index (χ3v) is 3.10. The molecule has 1 aliphatic rings. The molecule has 0 bridgehead atoms. The van der Waals surface area contributed by atoms with Gasteiger partial charge in [-0.05, 0) is 31.2 Å². The van der Waals surface area contributed by atoms with Crippen molar-refractivity contribution in [2.45, 2.75) is 19.4 Å². The number of hydrogen-bond donors (Lipinski definition) is 3. The molecular weight excluding hydrogens is 258 g/mol. The molecule has 1 fully saturated rings. The third kappa shape index (κ3) is 3.64. The molecule has 0 radical (unpaired) electrons. The van der Waals surface area contributed by atoms with Gasteiger partial charge < -0.3 is 16.0 Å². The second-order valence-electron chi connectivity index (χ2n) is 4.68. The van der Waals surface area contributed by atoms with E-state index < -0.39 is 6.04 Å². The van der Waals surface area contributed by atoms with Crippen molar-refractivity contribution in [2.24, 2.45) is 0 Å². The number of hydrogen-bond acceptors (Lipinski definition) is 4. The number of ketones is 1. The van der Waals surface area contributed by atoms with E-state index in [1.165, 1.54) is 6.92 Å². The molecule has 1 aromatic rings. The molecule has 2 amide bonds. The standard InChI is InChI=1S/C14H17N3O3/c1-9(18)10-2-4-11(5-3-10)17-13(19)8-12-14(20)16-7-6-15-12/h2-5,12,15H,6-8H2,1H3,(H,16,20)(H,17,19). The molecule has 0 spiro atoms. The normalized spacial score (nSPS) is 18.2. The van der Waals surface area contributed by atoms with Gasteiger partial charge >= 0.3 is 0 Å². The fourth-order valence-electron chi connectivity index (χ4n) is 2.00. The Morgan fingerprint density at radius 3 is 2.55 bits per heavy atom. The summed E-state index contributed by atoms with van der Waals surface area (Å²) in [6.07, 6.45) is 0.0836. The van der Waals surface area contributed by atoms with Gasteiger partial charge in [-0.3, -0.25) is 14.4 Å². The highest BCUT2D eigenvalue weighted by atomic mass is 16.2. The van der Waals surface area contributed by atoms with Crippen molar-refractivity contribution in [1.82, 2.24) is 10.6 Å². The average Bonchev–Trinajstić information content (AvgIpc) is 2.42. The van der Waals surface area contributed by atoms with Crippen LogP contribution in [-0.2, 0) is 9.59 Å². The molecule has 106 valence electrons. The van der Waals surface area contributed by atoms with Crippen LogP contribution in [0.1, 0.15) is 23.7 Å². The summed E-state index contributed by atoms with van der Waals surface area (Å²) in [7, 11) is 0. The highest BCUT2D eigenvalue weighted by molar-refractivity contribution is 5.97. The highest BCUT2D eigenvalue weighted by Gasteiger charge is 2.23. The molecule has 0 aromatic heterocycles. The number of nitrogens with one attached hydrogen (secondary N) is 3. The monoisotopic (exact) mass is 275 g/mol. The van der Waals surface area contributed by atoms with Crippen LogP contribution >= 0.6 is 0 Å². The molecule has 6 nitrogen and oxygen atoms in total. The fraction of sp³-hybridized carbons (Fsp3) is 0.357. The zero-order valence-electron chi connectivity index (χ0n) is 11.2. The molecule has 0 saturated carbocycles. The second kappa shape index (κ2) is 6.29. The maximum Gasteiger partial charge on any atom is 0.237 e. The van der Waals surface area contributed by atoms with E-state index >= 15 is 0 Å². The Hall–Kier alpha value is -2.21. The van der Waals surface area contributed by atoms with Crippen LogP contribution in [-0.4, -0.2) is 36.7 Å². The summed E-state index contributed by atoms with van der Waals surface area (Å²) in [6, 6.07) is 6.17. The van der Waals surface area contributed by atoms with E-state index in [1.54, 1.807) is 24.3 Å². The van der Waals surface area contributed by atoms with Crippen LogP contribution in [0.5, 0.6) is 0 Å². The lowest BCUT2D eigenvalue weighted by Gasteiger charge is -2.22. The summed E-state index contributed by atoms with van der Waals surface area (Å²) >= 11 is 0. The molecule has 0 aliphatic carbocycles. The Morgan fingerprint density at radius 1 is 1.25 bits per heavy atom. The van der Waals surface area contributed by atoms with E-state index in [1.807, 2.05) is 0 Å². The topological polar surface area (TPSA) is 87.3 Å². The van der Waals surface area contributed by atoms with E-state index in [9.17, 15) is 14.4 Å². The Balaban J connectivity index is 1.90. The number of carbonyl (C=O) groups excluding carboxylic acids is 3. The molecule has 1 atom stereocenters. The van der Waals surface area contributed by atoms with E-state index in [-0.39, 0.29) is 24.0 Å². The van der Waals surface area contributed by atoms with E-state index in [2.05, 4.69) is 16.0 Å². The van der Waals surface area contributed by atoms with Crippen LogP contribution in [0.25, 0.3) is 0 Å². The first-order chi connectivity index (χ1) is 9.56. The van der Waals surface area contributed by atoms with Gasteiger partial charge in [-0.1, -0.05) is 0 Å². The van der Waals surface area contributed by atoms with Crippen LogP contribution in [0, 0.1) is 0 Å². The number of anilines is 1. The van der Waals surface area contributed by atoms with Gasteiger partial charge in [-0.25, -0.2) is 0 Å². The van der Waals surface area contributed by atoms with Gasteiger partial charge in [0, 0.05) is 24.3 Å². The average molecular weight is 275 g/mol. The maximum atomic E-state index is 11.8. The summed E-state index contributed by atoms with van der Waals surface area (Å²) in [5, 5.41) is 8.40. The van der Waals surface area contributed by atoms with Crippen molar-refractivity contribution in [2.75, 3.05) is 18.4 Å². The quantitative estimate of drug-likeness (QED) is 0.690. The van der Waals surface area contributed by atoms with Crippen LogP contribution in [0.3, 0.4) is 0 Å². The molecule has 20 heavy (non-hydrogen) atoms. The first kappa shape index (κ1) is 14.2. The molecule has 3 N–H and O–H groups in total. The Bertz CT molecular complexity index is 525. The Morgan fingerprint density at radius 2 is 1.95 bits per heavy atom. The lowest BCUT2D eigenvalue weighted by molar-refractivity contribution is -0.127. The van der Waals surface area contributed by atoms with Crippen LogP contribution in [0.4, 0.5) is 5.69 Å². The fourth-order valence-corrected chi connectivity index (χ4v) is 2.00. The minimum absolute atomic E-state index is 0.0223. The van der Waals surface area contributed by atoms with Gasteiger partial charge in [0.05, 0.1) is 12.5 Å². The smallest absolute Gasteiger partial charge is 0.237 e. The SMILES string of the molecule is CC(=O)c1ccc(NC(=O)CC2NCCNC2=O)cc1. The third-order valence-electron chi connectivity index (χ3n) is 3.10. The predicted octanol–water partition coefficient (Wildman–Crippen LogP) is 0.306. The van der Waals surface area contributed by atoms with Crippen molar-refractivity contribution >= 4 is 23.3 Å². The lowest BCUT2D eigenvalue weighted by Crippen LogP contribution is -2.53. The first-order valence-electron chi connectivity index (χ1n) is 6.48. The molecule has 6 heteroatoms. The van der Waals surface area contributed by atoms with Crippen molar-refractivity contribution in [3.63, 3.8) is 0 Å². The van der Waals surface area contributed by atoms with Gasteiger partial charge in [0.15, 0.2) is 5.78 Å². The number of amides is 2. The Kier molecular flexibility index (Phi) is 4.47. The molecule has 1 unspecified atom stereocenters. The molecule has 1 heterocycles. The molecule has 1 aliphatic heterocycles. The lowest BCUT2D eigenvalue weighted by atomic mass is 10.1. The largest absolute Gasteiger partial charge is 0.353 e. The minimum atomic E-state index is -0.486. The summed E-state index contributed by atoms with van der Waals surface area (Å²) in [6.45, 7) is 2.74. The number of Topliss-reactive ketones (excluding diaryl/α,β-unsaturated/α-hetero) is 1. The molecular formula is C14H17N3O3. The molecule has 2 rings (SSSR count). The van der Waals surface area contributed by atoms with Gasteiger partial charge in [-0.2, -0.15) is 0 Å². The summed E-state index contributed by atoms with van der Waals surface area (Å²) < 4.78 is 0. The highest BCUT2D eigenvalue weighted by Crippen LogP contribution is 2.11. The van der Waals surface area contributed by atoms with Gasteiger partial charge in [-0.15, -0.1) is 0 Å².